The fourth-order valence-electron chi connectivity index (χ4n) is 1.70. The molecule has 1 fully saturated rings. The van der Waals surface area contributed by atoms with Gasteiger partial charge in [0.15, 0.2) is 0 Å². The molecule has 2 unspecified atom stereocenters. The van der Waals surface area contributed by atoms with E-state index >= 15 is 0 Å². The Bertz CT molecular complexity index is 313. The summed E-state index contributed by atoms with van der Waals surface area (Å²) in [5.41, 5.74) is -0.577. The smallest absolute Gasteiger partial charge is 0.410 e. The van der Waals surface area contributed by atoms with Gasteiger partial charge < -0.3 is 9.84 Å². The van der Waals surface area contributed by atoms with E-state index in [1.807, 2.05) is 0 Å². The molecule has 5 nitrogen and oxygen atoms in total. The van der Waals surface area contributed by atoms with E-state index in [0.29, 0.717) is 19.4 Å². The molecule has 6 heteroatoms. The van der Waals surface area contributed by atoms with E-state index in [9.17, 15) is 14.7 Å². The van der Waals surface area contributed by atoms with Crippen LogP contribution in [0.4, 0.5) is 4.79 Å². The zero-order valence-corrected chi connectivity index (χ0v) is 12.4. The SMILES string of the molecule is CC(C)(C)OC(=O)N1CCC(O)CC1C(=O)I. The van der Waals surface area contributed by atoms with E-state index in [1.165, 1.54) is 4.90 Å². The van der Waals surface area contributed by atoms with Crippen LogP contribution in [0.15, 0.2) is 0 Å². The number of rotatable bonds is 1. The number of hydrogen-bond donors (Lipinski definition) is 1. The van der Waals surface area contributed by atoms with E-state index in [4.69, 9.17) is 4.74 Å². The van der Waals surface area contributed by atoms with E-state index in [1.54, 1.807) is 43.4 Å². The maximum atomic E-state index is 11.9. The molecule has 0 radical (unpaired) electrons. The second-order valence-corrected chi connectivity index (χ2v) is 6.24. The van der Waals surface area contributed by atoms with Gasteiger partial charge in [0.05, 0.1) is 6.10 Å². The number of likely N-dealkylation sites (tertiary alicyclic amines) is 1. The number of amides is 1. The minimum Gasteiger partial charge on any atom is -0.444 e. The molecule has 1 amide bonds. The van der Waals surface area contributed by atoms with Crippen LogP contribution in [-0.4, -0.2) is 44.2 Å². The number of aliphatic hydroxyl groups excluding tert-OH is 1. The Morgan fingerprint density at radius 3 is 2.47 bits per heavy atom. The minimum absolute atomic E-state index is 0.146. The lowest BCUT2D eigenvalue weighted by atomic mass is 10.0. The highest BCUT2D eigenvalue weighted by Gasteiger charge is 2.36. The largest absolute Gasteiger partial charge is 0.444 e. The molecule has 0 aromatic rings. The zero-order chi connectivity index (χ0) is 13.2. The monoisotopic (exact) mass is 355 g/mol. The Balaban J connectivity index is 2.73. The molecule has 0 saturated carbocycles. The maximum absolute atomic E-state index is 11.9. The highest BCUT2D eigenvalue weighted by atomic mass is 127. The summed E-state index contributed by atoms with van der Waals surface area (Å²) in [4.78, 5) is 24.8. The quantitative estimate of drug-likeness (QED) is 0.575. The van der Waals surface area contributed by atoms with E-state index < -0.39 is 23.8 Å². The average Bonchev–Trinajstić information content (AvgIpc) is 2.14. The summed E-state index contributed by atoms with van der Waals surface area (Å²) in [6, 6.07) is -0.575. The lowest BCUT2D eigenvalue weighted by Gasteiger charge is -2.36. The summed E-state index contributed by atoms with van der Waals surface area (Å²) in [6.07, 6.45) is -0.224. The van der Waals surface area contributed by atoms with Crippen LogP contribution in [0.1, 0.15) is 33.6 Å². The molecule has 17 heavy (non-hydrogen) atoms. The van der Waals surface area contributed by atoms with Gasteiger partial charge in [-0.05, 0) is 27.2 Å². The van der Waals surface area contributed by atoms with Crippen molar-refractivity contribution in [2.24, 2.45) is 0 Å². The standard InChI is InChI=1S/C11H18INO4/c1-11(2,3)17-10(16)13-5-4-7(14)6-8(13)9(12)15/h7-8,14H,4-6H2,1-3H3. The normalized spacial score (nSPS) is 25.6. The third kappa shape index (κ3) is 4.42. The molecule has 98 valence electrons. The van der Waals surface area contributed by atoms with Gasteiger partial charge >= 0.3 is 6.09 Å². The van der Waals surface area contributed by atoms with Gasteiger partial charge in [0.25, 0.3) is 0 Å². The van der Waals surface area contributed by atoms with Crippen LogP contribution in [0.25, 0.3) is 0 Å². The number of halogens is 1. The highest BCUT2D eigenvalue weighted by Crippen LogP contribution is 2.22. The third-order valence-electron chi connectivity index (χ3n) is 2.46. The van der Waals surface area contributed by atoms with Crippen molar-refractivity contribution >= 4 is 32.5 Å². The molecule has 0 aromatic carbocycles. The predicted octanol–water partition coefficient (Wildman–Crippen LogP) is 1.71. The molecule has 0 aromatic heterocycles. The number of carbonyl (C=O) groups excluding carboxylic acids is 2. The number of ether oxygens (including phenoxy) is 1. The van der Waals surface area contributed by atoms with Crippen LogP contribution in [0, 0.1) is 0 Å². The van der Waals surface area contributed by atoms with Crippen molar-refractivity contribution < 1.29 is 19.4 Å². The molecule has 0 spiro atoms. The van der Waals surface area contributed by atoms with Gasteiger partial charge in [-0.1, -0.05) is 0 Å². The molecule has 1 aliphatic rings. The van der Waals surface area contributed by atoms with Crippen molar-refractivity contribution in [3.8, 4) is 0 Å². The van der Waals surface area contributed by atoms with Crippen molar-refractivity contribution in [1.82, 2.24) is 4.90 Å². The Morgan fingerprint density at radius 2 is 2.00 bits per heavy atom. The van der Waals surface area contributed by atoms with E-state index in [2.05, 4.69) is 0 Å². The molecule has 1 heterocycles. The van der Waals surface area contributed by atoms with Crippen LogP contribution in [0.2, 0.25) is 0 Å². The minimum atomic E-state index is -0.577. The maximum Gasteiger partial charge on any atom is 0.410 e. The van der Waals surface area contributed by atoms with Gasteiger partial charge in [-0.2, -0.15) is 0 Å². The van der Waals surface area contributed by atoms with Crippen molar-refractivity contribution in [3.05, 3.63) is 0 Å². The molecule has 1 rings (SSSR count). The molecule has 1 N–H and O–H groups in total. The number of nitrogens with zero attached hydrogens (tertiary/aromatic N) is 1. The summed E-state index contributed by atoms with van der Waals surface area (Å²) < 4.78 is 5.10. The number of hydrogen-bond acceptors (Lipinski definition) is 4. The summed E-state index contributed by atoms with van der Waals surface area (Å²) in [5.74, 6) is 0. The van der Waals surface area contributed by atoms with Gasteiger partial charge in [0.2, 0.25) is 3.79 Å². The van der Waals surface area contributed by atoms with Crippen molar-refractivity contribution in [3.63, 3.8) is 0 Å². The molecular weight excluding hydrogens is 337 g/mol. The number of aliphatic hydroxyl groups is 1. The van der Waals surface area contributed by atoms with Crippen LogP contribution in [0.5, 0.6) is 0 Å². The van der Waals surface area contributed by atoms with Crippen molar-refractivity contribution in [1.29, 1.82) is 0 Å². The van der Waals surface area contributed by atoms with E-state index in [0.717, 1.165) is 0 Å². The van der Waals surface area contributed by atoms with Gasteiger partial charge in [-0.3, -0.25) is 9.69 Å². The molecule has 0 aliphatic carbocycles. The Morgan fingerprint density at radius 1 is 1.41 bits per heavy atom. The Kier molecular flexibility index (Phi) is 4.77. The van der Waals surface area contributed by atoms with Crippen LogP contribution in [0.3, 0.4) is 0 Å². The van der Waals surface area contributed by atoms with E-state index in [-0.39, 0.29) is 3.79 Å². The second-order valence-electron chi connectivity index (χ2n) is 5.17. The van der Waals surface area contributed by atoms with Gasteiger partial charge in [0.1, 0.15) is 11.6 Å². The van der Waals surface area contributed by atoms with Crippen molar-refractivity contribution in [2.45, 2.75) is 51.4 Å². The van der Waals surface area contributed by atoms with Gasteiger partial charge in [-0.25, -0.2) is 4.79 Å². The second kappa shape index (κ2) is 5.51. The fraction of sp³-hybridized carbons (Fsp3) is 0.818. The summed E-state index contributed by atoms with van der Waals surface area (Å²) in [7, 11) is 0. The Hall–Kier alpha value is -0.370. The first kappa shape index (κ1) is 14.7. The fourth-order valence-corrected chi connectivity index (χ4v) is 2.29. The molecule has 1 aliphatic heterocycles. The van der Waals surface area contributed by atoms with Crippen LogP contribution >= 0.6 is 22.6 Å². The summed E-state index contributed by atoms with van der Waals surface area (Å²) >= 11 is 1.66. The first-order valence-electron chi connectivity index (χ1n) is 5.58. The van der Waals surface area contributed by atoms with Gasteiger partial charge in [0, 0.05) is 35.6 Å². The molecule has 1 saturated heterocycles. The van der Waals surface area contributed by atoms with Crippen LogP contribution in [-0.2, 0) is 9.53 Å². The highest BCUT2D eigenvalue weighted by molar-refractivity contribution is 14.1. The average molecular weight is 355 g/mol. The predicted molar refractivity (Wildman–Crippen MR) is 71.0 cm³/mol. The third-order valence-corrected chi connectivity index (χ3v) is 3.18. The van der Waals surface area contributed by atoms with Crippen molar-refractivity contribution in [2.75, 3.05) is 6.54 Å². The summed E-state index contributed by atoms with van der Waals surface area (Å²) in [6.45, 7) is 5.70. The number of carbonyl (C=O) groups is 2. The first-order chi connectivity index (χ1) is 7.70. The molecular formula is C11H18INO4. The van der Waals surface area contributed by atoms with Gasteiger partial charge in [-0.15, -0.1) is 0 Å². The lowest BCUT2D eigenvalue weighted by Crippen LogP contribution is -2.51. The lowest BCUT2D eigenvalue weighted by molar-refractivity contribution is -0.117. The van der Waals surface area contributed by atoms with Crippen LogP contribution < -0.4 is 0 Å². The zero-order valence-electron chi connectivity index (χ0n) is 10.3. The topological polar surface area (TPSA) is 66.8 Å². The Labute approximate surface area is 115 Å². The number of piperidine rings is 1. The molecule has 0 bridgehead atoms. The summed E-state index contributed by atoms with van der Waals surface area (Å²) in [5, 5.41) is 9.53. The molecule has 2 atom stereocenters. The first-order valence-corrected chi connectivity index (χ1v) is 6.65.